The molecule has 134 valence electrons. The van der Waals surface area contributed by atoms with Crippen LogP contribution in [-0.4, -0.2) is 10.9 Å². The van der Waals surface area contributed by atoms with Crippen LogP contribution in [0.15, 0.2) is 53.9 Å². The van der Waals surface area contributed by atoms with Crippen molar-refractivity contribution in [3.8, 4) is 11.5 Å². The first-order chi connectivity index (χ1) is 12.5. The molecule has 0 radical (unpaired) electrons. The van der Waals surface area contributed by atoms with Gasteiger partial charge in [0.1, 0.15) is 5.75 Å². The van der Waals surface area contributed by atoms with Crippen LogP contribution in [0, 0.1) is 6.92 Å². The number of rotatable bonds is 6. The lowest BCUT2D eigenvalue weighted by atomic mass is 10.2. The molecule has 1 amide bonds. The first-order valence-corrected chi connectivity index (χ1v) is 9.47. The number of para-hydroxylation sites is 2. The van der Waals surface area contributed by atoms with Crippen LogP contribution >= 0.6 is 11.3 Å². The Balaban J connectivity index is 1.70. The van der Waals surface area contributed by atoms with Crippen LogP contribution in [0.3, 0.4) is 0 Å². The average Bonchev–Trinajstić information content (AvgIpc) is 3.05. The Labute approximate surface area is 157 Å². The third-order valence-electron chi connectivity index (χ3n) is 3.78. The lowest BCUT2D eigenvalue weighted by molar-refractivity contribution is -0.115. The number of ether oxygens (including phenoxy) is 1. The fourth-order valence-corrected chi connectivity index (χ4v) is 3.33. The van der Waals surface area contributed by atoms with E-state index >= 15 is 0 Å². The van der Waals surface area contributed by atoms with Crippen LogP contribution in [0.5, 0.6) is 11.5 Å². The molecule has 26 heavy (non-hydrogen) atoms. The number of nitrogens with one attached hydrogen (secondary N) is 1. The predicted molar refractivity (Wildman–Crippen MR) is 106 cm³/mol. The summed E-state index contributed by atoms with van der Waals surface area (Å²) in [6, 6.07) is 15.3. The van der Waals surface area contributed by atoms with E-state index in [1.54, 1.807) is 11.3 Å². The molecule has 0 bridgehead atoms. The molecule has 1 heterocycles. The van der Waals surface area contributed by atoms with E-state index < -0.39 is 0 Å². The fraction of sp³-hybridized carbons (Fsp3) is 0.238. The summed E-state index contributed by atoms with van der Waals surface area (Å²) < 4.78 is 5.95. The van der Waals surface area contributed by atoms with Crippen LogP contribution in [0.2, 0.25) is 0 Å². The highest BCUT2D eigenvalue weighted by atomic mass is 32.1. The molecule has 1 N–H and O–H groups in total. The molecule has 3 aromatic rings. The van der Waals surface area contributed by atoms with E-state index in [2.05, 4.69) is 24.1 Å². The van der Waals surface area contributed by atoms with Gasteiger partial charge in [0, 0.05) is 11.3 Å². The number of aromatic nitrogens is 1. The predicted octanol–water partition coefficient (Wildman–Crippen LogP) is 5.55. The maximum absolute atomic E-state index is 12.4. The molecule has 0 unspecified atom stereocenters. The number of anilines is 1. The summed E-state index contributed by atoms with van der Waals surface area (Å²) in [6.07, 6.45) is 0.252. The number of thiazole rings is 1. The van der Waals surface area contributed by atoms with Gasteiger partial charge in [-0.3, -0.25) is 4.79 Å². The van der Waals surface area contributed by atoms with E-state index in [1.807, 2.05) is 60.8 Å². The maximum Gasteiger partial charge on any atom is 0.230 e. The lowest BCUT2D eigenvalue weighted by Gasteiger charge is -2.12. The second-order valence-electron chi connectivity index (χ2n) is 6.47. The molecular weight excluding hydrogens is 344 g/mol. The Hall–Kier alpha value is -2.66. The zero-order valence-corrected chi connectivity index (χ0v) is 16.0. The minimum absolute atomic E-state index is 0.106. The van der Waals surface area contributed by atoms with Gasteiger partial charge in [0.25, 0.3) is 0 Å². The number of hydrogen-bond acceptors (Lipinski definition) is 4. The third kappa shape index (κ3) is 4.70. The Bertz CT molecular complexity index is 902. The Morgan fingerprint density at radius 3 is 2.73 bits per heavy atom. The monoisotopic (exact) mass is 366 g/mol. The molecule has 4 nitrogen and oxygen atoms in total. The van der Waals surface area contributed by atoms with Crippen LogP contribution < -0.4 is 10.1 Å². The van der Waals surface area contributed by atoms with Gasteiger partial charge in [0.2, 0.25) is 5.91 Å². The molecule has 0 aliphatic heterocycles. The number of benzene rings is 2. The zero-order chi connectivity index (χ0) is 18.5. The zero-order valence-electron chi connectivity index (χ0n) is 15.2. The van der Waals surface area contributed by atoms with Gasteiger partial charge in [0.05, 0.1) is 22.8 Å². The molecule has 1 aromatic heterocycles. The fourth-order valence-electron chi connectivity index (χ4n) is 2.49. The van der Waals surface area contributed by atoms with Crippen molar-refractivity contribution in [2.45, 2.75) is 33.1 Å². The van der Waals surface area contributed by atoms with Crippen molar-refractivity contribution in [1.82, 2.24) is 4.98 Å². The van der Waals surface area contributed by atoms with Crippen LogP contribution in [0.1, 0.15) is 36.0 Å². The summed E-state index contributed by atoms with van der Waals surface area (Å²) in [7, 11) is 0. The van der Waals surface area contributed by atoms with Crippen molar-refractivity contribution in [1.29, 1.82) is 0 Å². The highest BCUT2D eigenvalue weighted by Crippen LogP contribution is 2.30. The summed E-state index contributed by atoms with van der Waals surface area (Å²) in [5.41, 5.74) is 2.57. The smallest absolute Gasteiger partial charge is 0.230 e. The van der Waals surface area contributed by atoms with E-state index in [4.69, 9.17) is 4.74 Å². The minimum Gasteiger partial charge on any atom is -0.455 e. The molecule has 0 saturated heterocycles. The normalized spacial score (nSPS) is 10.8. The number of carbonyl (C=O) groups is 1. The highest BCUT2D eigenvalue weighted by molar-refractivity contribution is 7.09. The van der Waals surface area contributed by atoms with Crippen LogP contribution in [0.4, 0.5) is 5.69 Å². The minimum atomic E-state index is -0.106. The largest absolute Gasteiger partial charge is 0.455 e. The second-order valence-corrected chi connectivity index (χ2v) is 7.36. The highest BCUT2D eigenvalue weighted by Gasteiger charge is 2.12. The van der Waals surface area contributed by atoms with Gasteiger partial charge >= 0.3 is 0 Å². The van der Waals surface area contributed by atoms with Crippen molar-refractivity contribution in [2.75, 3.05) is 5.32 Å². The molecule has 0 spiro atoms. The van der Waals surface area contributed by atoms with E-state index in [0.717, 1.165) is 22.0 Å². The number of amides is 1. The molecule has 0 atom stereocenters. The summed E-state index contributed by atoms with van der Waals surface area (Å²) >= 11 is 1.60. The van der Waals surface area contributed by atoms with Crippen molar-refractivity contribution >= 4 is 22.9 Å². The standard InChI is InChI=1S/C21H22N2O2S/c1-14(2)21-22-16(13-26-21)12-20(24)23-18-9-4-5-10-19(18)25-17-8-6-7-15(3)11-17/h4-11,13-14H,12H2,1-3H3,(H,23,24). The molecular formula is C21H22N2O2S. The quantitative estimate of drug-likeness (QED) is 0.622. The Morgan fingerprint density at radius 1 is 1.19 bits per heavy atom. The Kier molecular flexibility index (Phi) is 5.68. The van der Waals surface area contributed by atoms with Crippen molar-refractivity contribution in [3.05, 3.63) is 70.2 Å². The van der Waals surface area contributed by atoms with Crippen molar-refractivity contribution in [3.63, 3.8) is 0 Å². The van der Waals surface area contributed by atoms with E-state index in [-0.39, 0.29) is 12.3 Å². The summed E-state index contributed by atoms with van der Waals surface area (Å²) in [5, 5.41) is 5.93. The van der Waals surface area contributed by atoms with E-state index in [0.29, 0.717) is 17.4 Å². The molecule has 0 aliphatic carbocycles. The van der Waals surface area contributed by atoms with Gasteiger partial charge in [-0.25, -0.2) is 4.98 Å². The van der Waals surface area contributed by atoms with Crippen molar-refractivity contribution < 1.29 is 9.53 Å². The topological polar surface area (TPSA) is 51.2 Å². The first kappa shape index (κ1) is 18.1. The SMILES string of the molecule is Cc1cccc(Oc2ccccc2NC(=O)Cc2csc(C(C)C)n2)c1. The molecule has 2 aromatic carbocycles. The van der Waals surface area contributed by atoms with Gasteiger partial charge in [0.15, 0.2) is 5.75 Å². The number of aryl methyl sites for hydroxylation is 1. The first-order valence-electron chi connectivity index (χ1n) is 8.59. The van der Waals surface area contributed by atoms with E-state index in [1.165, 1.54) is 0 Å². The molecule has 0 saturated carbocycles. The number of nitrogens with zero attached hydrogens (tertiary/aromatic N) is 1. The summed E-state index contributed by atoms with van der Waals surface area (Å²) in [5.74, 6) is 1.63. The van der Waals surface area contributed by atoms with Gasteiger partial charge < -0.3 is 10.1 Å². The van der Waals surface area contributed by atoms with Gasteiger partial charge in [-0.05, 0) is 36.8 Å². The summed E-state index contributed by atoms with van der Waals surface area (Å²) in [6.45, 7) is 6.21. The van der Waals surface area contributed by atoms with Crippen LogP contribution in [0.25, 0.3) is 0 Å². The molecule has 0 aliphatic rings. The molecule has 3 rings (SSSR count). The van der Waals surface area contributed by atoms with Crippen molar-refractivity contribution in [2.24, 2.45) is 0 Å². The van der Waals surface area contributed by atoms with E-state index in [9.17, 15) is 4.79 Å². The van der Waals surface area contributed by atoms with Gasteiger partial charge in [-0.2, -0.15) is 0 Å². The second kappa shape index (κ2) is 8.15. The lowest BCUT2D eigenvalue weighted by Crippen LogP contribution is -2.15. The number of hydrogen-bond donors (Lipinski definition) is 1. The number of carbonyl (C=O) groups excluding carboxylic acids is 1. The van der Waals surface area contributed by atoms with Gasteiger partial charge in [-0.1, -0.05) is 38.1 Å². The summed E-state index contributed by atoms with van der Waals surface area (Å²) in [4.78, 5) is 16.9. The third-order valence-corrected chi connectivity index (χ3v) is 4.98. The van der Waals surface area contributed by atoms with Crippen LogP contribution in [-0.2, 0) is 11.2 Å². The molecule has 0 fully saturated rings. The molecule has 5 heteroatoms. The average molecular weight is 366 g/mol. The van der Waals surface area contributed by atoms with Gasteiger partial charge in [-0.15, -0.1) is 11.3 Å². The maximum atomic E-state index is 12.4. The Morgan fingerprint density at radius 2 is 2.00 bits per heavy atom.